The van der Waals surface area contributed by atoms with E-state index in [0.717, 1.165) is 12.0 Å². The molecule has 2 N–H and O–H groups in total. The van der Waals surface area contributed by atoms with Crippen molar-refractivity contribution in [3.63, 3.8) is 0 Å². The molecular formula is C24H29ClN2O3. The summed E-state index contributed by atoms with van der Waals surface area (Å²) in [5, 5.41) is 14.0. The summed E-state index contributed by atoms with van der Waals surface area (Å²) in [4.78, 5) is 27.0. The number of benzene rings is 2. The maximum absolute atomic E-state index is 12.6. The Morgan fingerprint density at radius 3 is 2.37 bits per heavy atom. The summed E-state index contributed by atoms with van der Waals surface area (Å²) >= 11 is 5.89. The first-order valence-electron chi connectivity index (χ1n) is 10.5. The van der Waals surface area contributed by atoms with Gasteiger partial charge in [-0.05, 0) is 49.4 Å². The summed E-state index contributed by atoms with van der Waals surface area (Å²) in [5.41, 5.74) is 1.87. The number of hydrogen-bond acceptors (Lipinski definition) is 3. The monoisotopic (exact) mass is 428 g/mol. The van der Waals surface area contributed by atoms with Gasteiger partial charge in [-0.25, -0.2) is 0 Å². The number of carbonyl (C=O) groups is 2. The Kier molecular flexibility index (Phi) is 7.88. The number of piperidine rings is 1. The van der Waals surface area contributed by atoms with E-state index in [1.165, 1.54) is 0 Å². The van der Waals surface area contributed by atoms with Crippen molar-refractivity contribution >= 4 is 23.4 Å². The summed E-state index contributed by atoms with van der Waals surface area (Å²) < 4.78 is 0. The van der Waals surface area contributed by atoms with Crippen molar-refractivity contribution in [2.75, 3.05) is 13.1 Å². The fourth-order valence-electron chi connectivity index (χ4n) is 3.81. The third-order valence-corrected chi connectivity index (χ3v) is 6.00. The Balaban J connectivity index is 1.43. The molecule has 0 aromatic heterocycles. The fraction of sp³-hybridized carbons (Fsp3) is 0.417. The van der Waals surface area contributed by atoms with E-state index in [1.54, 1.807) is 31.2 Å². The van der Waals surface area contributed by atoms with Gasteiger partial charge in [0.1, 0.15) is 0 Å². The van der Waals surface area contributed by atoms with E-state index in [-0.39, 0.29) is 17.7 Å². The maximum Gasteiger partial charge on any atom is 0.223 e. The van der Waals surface area contributed by atoms with Crippen LogP contribution in [0, 0.1) is 5.92 Å². The summed E-state index contributed by atoms with van der Waals surface area (Å²) in [7, 11) is 0. The summed E-state index contributed by atoms with van der Waals surface area (Å²) in [6.45, 7) is 2.99. The molecule has 1 aliphatic heterocycles. The second-order valence-corrected chi connectivity index (χ2v) is 8.37. The topological polar surface area (TPSA) is 69.6 Å². The molecule has 160 valence electrons. The van der Waals surface area contributed by atoms with Crippen molar-refractivity contribution in [1.29, 1.82) is 0 Å². The lowest BCUT2D eigenvalue weighted by Gasteiger charge is -2.32. The number of aliphatic hydroxyl groups is 1. The highest BCUT2D eigenvalue weighted by Crippen LogP contribution is 2.22. The number of aryl methyl sites for hydroxylation is 1. The SMILES string of the molecule is C[C@@H](NC(=O)C1CCN(C(=O)CCc2ccccc2)CC1)[C@H](O)c1ccc(Cl)cc1. The van der Waals surface area contributed by atoms with E-state index in [4.69, 9.17) is 11.6 Å². The normalized spacial score (nSPS) is 16.7. The van der Waals surface area contributed by atoms with Crippen LogP contribution in [0.1, 0.15) is 43.4 Å². The van der Waals surface area contributed by atoms with Crippen LogP contribution in [0.25, 0.3) is 0 Å². The molecule has 2 atom stereocenters. The van der Waals surface area contributed by atoms with Gasteiger partial charge in [0.2, 0.25) is 11.8 Å². The van der Waals surface area contributed by atoms with E-state index < -0.39 is 12.1 Å². The van der Waals surface area contributed by atoms with Gasteiger partial charge in [-0.2, -0.15) is 0 Å². The number of carbonyl (C=O) groups excluding carboxylic acids is 2. The van der Waals surface area contributed by atoms with E-state index in [9.17, 15) is 14.7 Å². The van der Waals surface area contributed by atoms with E-state index in [1.807, 2.05) is 35.2 Å². The highest BCUT2D eigenvalue weighted by Gasteiger charge is 2.29. The molecule has 0 unspecified atom stereocenters. The average molecular weight is 429 g/mol. The van der Waals surface area contributed by atoms with Crippen LogP contribution in [0.5, 0.6) is 0 Å². The highest BCUT2D eigenvalue weighted by molar-refractivity contribution is 6.30. The van der Waals surface area contributed by atoms with Gasteiger partial charge in [-0.1, -0.05) is 54.1 Å². The van der Waals surface area contributed by atoms with Crippen LogP contribution in [-0.2, 0) is 16.0 Å². The van der Waals surface area contributed by atoms with Gasteiger partial charge in [0.25, 0.3) is 0 Å². The third kappa shape index (κ3) is 6.07. The number of rotatable bonds is 7. The van der Waals surface area contributed by atoms with Gasteiger partial charge in [0.15, 0.2) is 0 Å². The number of halogens is 1. The summed E-state index contributed by atoms with van der Waals surface area (Å²) in [6, 6.07) is 16.5. The number of likely N-dealkylation sites (tertiary alicyclic amines) is 1. The smallest absolute Gasteiger partial charge is 0.223 e. The highest BCUT2D eigenvalue weighted by atomic mass is 35.5. The Bertz CT molecular complexity index is 833. The fourth-order valence-corrected chi connectivity index (χ4v) is 3.94. The molecule has 1 saturated heterocycles. The quantitative estimate of drug-likeness (QED) is 0.705. The minimum atomic E-state index is -0.800. The number of nitrogens with one attached hydrogen (secondary N) is 1. The first kappa shape index (κ1) is 22.3. The Labute approximate surface area is 183 Å². The molecule has 0 aliphatic carbocycles. The second-order valence-electron chi connectivity index (χ2n) is 7.93. The Hall–Kier alpha value is -2.37. The first-order chi connectivity index (χ1) is 14.4. The van der Waals surface area contributed by atoms with Crippen molar-refractivity contribution in [3.8, 4) is 0 Å². The Morgan fingerprint density at radius 2 is 1.73 bits per heavy atom. The van der Waals surface area contributed by atoms with Crippen molar-refractivity contribution in [1.82, 2.24) is 10.2 Å². The van der Waals surface area contributed by atoms with E-state index >= 15 is 0 Å². The van der Waals surface area contributed by atoms with Crippen molar-refractivity contribution in [2.24, 2.45) is 5.92 Å². The zero-order valence-electron chi connectivity index (χ0n) is 17.3. The molecule has 3 rings (SSSR count). The molecule has 2 amide bonds. The lowest BCUT2D eigenvalue weighted by molar-refractivity contribution is -0.136. The lowest BCUT2D eigenvalue weighted by atomic mass is 9.94. The second kappa shape index (κ2) is 10.6. The van der Waals surface area contributed by atoms with Crippen molar-refractivity contribution < 1.29 is 14.7 Å². The van der Waals surface area contributed by atoms with Crippen LogP contribution in [0.3, 0.4) is 0 Å². The zero-order valence-corrected chi connectivity index (χ0v) is 18.0. The lowest BCUT2D eigenvalue weighted by Crippen LogP contribution is -2.46. The molecule has 6 heteroatoms. The number of nitrogens with zero attached hydrogens (tertiary/aromatic N) is 1. The van der Waals surface area contributed by atoms with Gasteiger partial charge >= 0.3 is 0 Å². The van der Waals surface area contributed by atoms with Crippen molar-refractivity contribution in [3.05, 3.63) is 70.7 Å². The average Bonchev–Trinajstić information content (AvgIpc) is 2.78. The Morgan fingerprint density at radius 1 is 1.10 bits per heavy atom. The summed E-state index contributed by atoms with van der Waals surface area (Å²) in [5.74, 6) is -0.0563. The van der Waals surface area contributed by atoms with Crippen LogP contribution < -0.4 is 5.32 Å². The van der Waals surface area contributed by atoms with Crippen LogP contribution in [0.4, 0.5) is 0 Å². The standard InChI is InChI=1S/C24H29ClN2O3/c1-17(23(29)19-8-10-21(25)11-9-19)26-24(30)20-13-15-27(16-14-20)22(28)12-7-18-5-3-2-4-6-18/h2-6,8-11,17,20,23,29H,7,12-16H2,1H3,(H,26,30)/t17-,23+/m1/s1. The van der Waals surface area contributed by atoms with Gasteiger partial charge in [0, 0.05) is 30.5 Å². The largest absolute Gasteiger partial charge is 0.386 e. The first-order valence-corrected chi connectivity index (χ1v) is 10.9. The third-order valence-electron chi connectivity index (χ3n) is 5.74. The van der Waals surface area contributed by atoms with E-state index in [2.05, 4.69) is 5.32 Å². The molecular weight excluding hydrogens is 400 g/mol. The van der Waals surface area contributed by atoms with Crippen LogP contribution in [-0.4, -0.2) is 41.0 Å². The van der Waals surface area contributed by atoms with Crippen molar-refractivity contribution in [2.45, 2.75) is 44.8 Å². The molecule has 30 heavy (non-hydrogen) atoms. The molecule has 0 radical (unpaired) electrons. The molecule has 0 spiro atoms. The van der Waals surface area contributed by atoms with Gasteiger partial charge < -0.3 is 15.3 Å². The minimum absolute atomic E-state index is 0.0631. The van der Waals surface area contributed by atoms with Crippen LogP contribution in [0.15, 0.2) is 54.6 Å². The summed E-state index contributed by atoms with van der Waals surface area (Å²) in [6.07, 6.45) is 1.72. The molecule has 0 saturated carbocycles. The molecule has 0 bridgehead atoms. The minimum Gasteiger partial charge on any atom is -0.386 e. The van der Waals surface area contributed by atoms with Gasteiger partial charge in [-0.15, -0.1) is 0 Å². The predicted octanol–water partition coefficient (Wildman–Crippen LogP) is 3.75. The molecule has 5 nitrogen and oxygen atoms in total. The van der Waals surface area contributed by atoms with Gasteiger partial charge in [-0.3, -0.25) is 9.59 Å². The van der Waals surface area contributed by atoms with E-state index in [0.29, 0.717) is 42.9 Å². The number of hydrogen-bond donors (Lipinski definition) is 2. The molecule has 1 heterocycles. The molecule has 1 fully saturated rings. The van der Waals surface area contributed by atoms with Crippen LogP contribution >= 0.6 is 11.6 Å². The zero-order chi connectivity index (χ0) is 21.5. The molecule has 2 aromatic rings. The van der Waals surface area contributed by atoms with Gasteiger partial charge in [0.05, 0.1) is 12.1 Å². The predicted molar refractivity (Wildman–Crippen MR) is 118 cm³/mol. The van der Waals surface area contributed by atoms with Crippen LogP contribution in [0.2, 0.25) is 5.02 Å². The molecule has 1 aliphatic rings. The number of aliphatic hydroxyl groups excluding tert-OH is 1. The molecule has 2 aromatic carbocycles. The number of amides is 2. The maximum atomic E-state index is 12.6.